The largest absolute Gasteiger partial charge is 0.392 e. The maximum atomic E-state index is 14.0. The van der Waals surface area contributed by atoms with Crippen LogP contribution in [-0.4, -0.2) is 23.0 Å². The number of carbonyl (C=O) groups is 2. The second kappa shape index (κ2) is 6.14. The van der Waals surface area contributed by atoms with Crippen molar-refractivity contribution in [3.8, 4) is 0 Å². The van der Waals surface area contributed by atoms with Crippen molar-refractivity contribution in [3.05, 3.63) is 101 Å². The molecular weight excluding hydrogens is 386 g/mol. The fourth-order valence-corrected chi connectivity index (χ4v) is 6.56. The second-order valence-corrected chi connectivity index (χ2v) is 9.05. The lowest BCUT2D eigenvalue weighted by atomic mass is 9.46. The predicted octanol–water partition coefficient (Wildman–Crippen LogP) is 3.93. The summed E-state index contributed by atoms with van der Waals surface area (Å²) in [5.41, 5.74) is 4.71. The monoisotopic (exact) mass is 409 g/mol. The number of aryl methyl sites for hydroxylation is 1. The minimum Gasteiger partial charge on any atom is -0.392 e. The van der Waals surface area contributed by atoms with E-state index < -0.39 is 23.4 Å². The fraction of sp³-hybridized carbons (Fsp3) is 0.259. The van der Waals surface area contributed by atoms with E-state index in [-0.39, 0.29) is 17.7 Å². The summed E-state index contributed by atoms with van der Waals surface area (Å²) in [7, 11) is 0. The molecule has 1 aliphatic heterocycles. The van der Waals surface area contributed by atoms with Crippen LogP contribution in [0.5, 0.6) is 0 Å². The van der Waals surface area contributed by atoms with E-state index in [0.29, 0.717) is 5.69 Å². The number of amides is 2. The molecule has 4 heteroatoms. The van der Waals surface area contributed by atoms with E-state index in [9.17, 15) is 14.7 Å². The first-order valence-corrected chi connectivity index (χ1v) is 10.8. The summed E-state index contributed by atoms with van der Waals surface area (Å²) in [4.78, 5) is 29.2. The van der Waals surface area contributed by atoms with Gasteiger partial charge in [0.1, 0.15) is 0 Å². The Morgan fingerprint density at radius 3 is 2.06 bits per heavy atom. The zero-order valence-corrected chi connectivity index (χ0v) is 17.4. The van der Waals surface area contributed by atoms with Gasteiger partial charge in [0.2, 0.25) is 11.8 Å². The van der Waals surface area contributed by atoms with Crippen molar-refractivity contribution in [2.45, 2.75) is 31.3 Å². The third-order valence-corrected chi connectivity index (χ3v) is 7.60. The van der Waals surface area contributed by atoms with Gasteiger partial charge in [-0.25, -0.2) is 4.90 Å². The van der Waals surface area contributed by atoms with Gasteiger partial charge in [-0.05, 0) is 53.8 Å². The molecule has 1 fully saturated rings. The number of rotatable bonds is 2. The van der Waals surface area contributed by atoms with Crippen LogP contribution in [0.3, 0.4) is 0 Å². The van der Waals surface area contributed by atoms with Crippen LogP contribution in [0.4, 0.5) is 5.69 Å². The minimum absolute atomic E-state index is 0.167. The van der Waals surface area contributed by atoms with Crippen molar-refractivity contribution in [2.75, 3.05) is 4.90 Å². The topological polar surface area (TPSA) is 57.6 Å². The molecule has 2 bridgehead atoms. The Labute approximate surface area is 181 Å². The lowest BCUT2D eigenvalue weighted by Crippen LogP contribution is -2.58. The van der Waals surface area contributed by atoms with E-state index in [4.69, 9.17) is 0 Å². The van der Waals surface area contributed by atoms with E-state index in [2.05, 4.69) is 12.1 Å². The molecule has 0 saturated carbocycles. The van der Waals surface area contributed by atoms with Gasteiger partial charge in [-0.2, -0.15) is 0 Å². The molecule has 0 spiro atoms. The first kappa shape index (κ1) is 18.5. The number of carbonyl (C=O) groups excluding carboxylic acids is 2. The number of nitrogens with zero attached hydrogens (tertiary/aromatic N) is 1. The average molecular weight is 409 g/mol. The van der Waals surface area contributed by atoms with Gasteiger partial charge >= 0.3 is 0 Å². The number of hydrogen-bond donors (Lipinski definition) is 1. The van der Waals surface area contributed by atoms with Crippen LogP contribution in [0.25, 0.3) is 0 Å². The average Bonchev–Trinajstić information content (AvgIpc) is 3.04. The summed E-state index contributed by atoms with van der Waals surface area (Å²) in [5, 5.41) is 11.3. The van der Waals surface area contributed by atoms with E-state index in [0.717, 1.165) is 27.8 Å². The van der Waals surface area contributed by atoms with Gasteiger partial charge < -0.3 is 5.11 Å². The van der Waals surface area contributed by atoms with Crippen molar-refractivity contribution in [1.82, 2.24) is 0 Å². The SMILES string of the molecule is Cc1cccc(N2C(=O)C3C4c5ccccc5C(C(C)O)(c5ccccc54)C3C2=O)c1. The van der Waals surface area contributed by atoms with Gasteiger partial charge in [-0.1, -0.05) is 60.7 Å². The normalized spacial score (nSPS) is 28.9. The molecule has 0 radical (unpaired) electrons. The van der Waals surface area contributed by atoms with Gasteiger partial charge in [-0.15, -0.1) is 0 Å². The highest BCUT2D eigenvalue weighted by Crippen LogP contribution is 2.65. The van der Waals surface area contributed by atoms with Gasteiger partial charge in [0, 0.05) is 5.92 Å². The maximum absolute atomic E-state index is 14.0. The molecule has 4 aliphatic rings. The molecule has 3 aliphatic carbocycles. The third-order valence-electron chi connectivity index (χ3n) is 7.60. The van der Waals surface area contributed by atoms with E-state index in [1.807, 2.05) is 67.6 Å². The quantitative estimate of drug-likeness (QED) is 0.653. The molecular formula is C27H23NO3. The summed E-state index contributed by atoms with van der Waals surface area (Å²) >= 11 is 0. The number of aliphatic hydroxyl groups excluding tert-OH is 1. The van der Waals surface area contributed by atoms with Crippen LogP contribution in [-0.2, 0) is 15.0 Å². The molecule has 3 aromatic carbocycles. The minimum atomic E-state index is -0.947. The third kappa shape index (κ3) is 2.08. The lowest BCUT2D eigenvalue weighted by Gasteiger charge is -2.55. The van der Waals surface area contributed by atoms with Crippen LogP contribution in [0.1, 0.15) is 40.7 Å². The molecule has 3 atom stereocenters. The number of aliphatic hydroxyl groups is 1. The lowest BCUT2D eigenvalue weighted by molar-refractivity contribution is -0.126. The summed E-state index contributed by atoms with van der Waals surface area (Å²) in [6.45, 7) is 3.71. The van der Waals surface area contributed by atoms with Gasteiger partial charge in [-0.3, -0.25) is 9.59 Å². The van der Waals surface area contributed by atoms with Crippen LogP contribution >= 0.6 is 0 Å². The standard InChI is InChI=1S/C27H23NO3/c1-15-8-7-9-17(14-15)28-25(30)23-22-18-10-3-5-12-20(18)27(16(2)29,24(23)26(28)31)21-13-6-4-11-19(21)22/h3-14,16,22-24,29H,1-2H3. The van der Waals surface area contributed by atoms with Crippen molar-refractivity contribution in [1.29, 1.82) is 0 Å². The summed E-state index contributed by atoms with van der Waals surface area (Å²) in [5.74, 6) is -1.72. The van der Waals surface area contributed by atoms with Crippen LogP contribution in [0, 0.1) is 18.8 Å². The second-order valence-electron chi connectivity index (χ2n) is 9.05. The Balaban J connectivity index is 1.67. The molecule has 4 nitrogen and oxygen atoms in total. The Kier molecular flexibility index (Phi) is 3.67. The van der Waals surface area contributed by atoms with E-state index >= 15 is 0 Å². The van der Waals surface area contributed by atoms with Crippen LogP contribution < -0.4 is 4.90 Å². The van der Waals surface area contributed by atoms with E-state index in [1.165, 1.54) is 4.90 Å². The van der Waals surface area contributed by atoms with Crippen molar-refractivity contribution in [3.63, 3.8) is 0 Å². The number of imide groups is 1. The van der Waals surface area contributed by atoms with Crippen LogP contribution in [0.15, 0.2) is 72.8 Å². The molecule has 1 heterocycles. The van der Waals surface area contributed by atoms with Crippen molar-refractivity contribution >= 4 is 17.5 Å². The molecule has 3 unspecified atom stereocenters. The zero-order valence-electron chi connectivity index (χ0n) is 17.4. The van der Waals surface area contributed by atoms with Crippen molar-refractivity contribution in [2.24, 2.45) is 11.8 Å². The Morgan fingerprint density at radius 2 is 1.48 bits per heavy atom. The highest BCUT2D eigenvalue weighted by Gasteiger charge is 2.69. The van der Waals surface area contributed by atoms with Gasteiger partial charge in [0.05, 0.1) is 29.0 Å². The summed E-state index contributed by atoms with van der Waals surface area (Å²) in [6.07, 6.45) is -0.835. The predicted molar refractivity (Wildman–Crippen MR) is 118 cm³/mol. The highest BCUT2D eigenvalue weighted by atomic mass is 16.3. The molecule has 0 aromatic heterocycles. The Hall–Kier alpha value is -3.24. The highest BCUT2D eigenvalue weighted by molar-refractivity contribution is 6.23. The Bertz CT molecular complexity index is 1210. The van der Waals surface area contributed by atoms with Gasteiger partial charge in [0.25, 0.3) is 0 Å². The summed E-state index contributed by atoms with van der Waals surface area (Å²) < 4.78 is 0. The summed E-state index contributed by atoms with van der Waals surface area (Å²) in [6, 6.07) is 23.5. The number of hydrogen-bond acceptors (Lipinski definition) is 3. The zero-order chi connectivity index (χ0) is 21.5. The number of benzene rings is 3. The fourth-order valence-electron chi connectivity index (χ4n) is 6.56. The smallest absolute Gasteiger partial charge is 0.239 e. The first-order chi connectivity index (χ1) is 15.0. The molecule has 1 N–H and O–H groups in total. The Morgan fingerprint density at radius 1 is 0.871 bits per heavy atom. The molecule has 3 aromatic rings. The molecule has 1 saturated heterocycles. The number of anilines is 1. The van der Waals surface area contributed by atoms with Crippen LogP contribution in [0.2, 0.25) is 0 Å². The van der Waals surface area contributed by atoms with Crippen molar-refractivity contribution < 1.29 is 14.7 Å². The first-order valence-electron chi connectivity index (χ1n) is 10.8. The molecule has 31 heavy (non-hydrogen) atoms. The van der Waals surface area contributed by atoms with Gasteiger partial charge in [0.15, 0.2) is 0 Å². The maximum Gasteiger partial charge on any atom is 0.239 e. The van der Waals surface area contributed by atoms with E-state index in [1.54, 1.807) is 6.92 Å². The molecule has 154 valence electrons. The molecule has 2 amide bonds. The molecule has 7 rings (SSSR count).